The smallest absolute Gasteiger partial charge is 0.397 e. The Morgan fingerprint density at radius 3 is 1.61 bits per heavy atom. The van der Waals surface area contributed by atoms with Gasteiger partial charge in [-0.15, -0.1) is 0 Å². The highest BCUT2D eigenvalue weighted by atomic mass is 32.3. The van der Waals surface area contributed by atoms with E-state index in [1.54, 1.807) is 0 Å². The van der Waals surface area contributed by atoms with Crippen LogP contribution in [0.4, 0.5) is 0 Å². The summed E-state index contributed by atoms with van der Waals surface area (Å²) >= 11 is 0. The molecule has 0 aliphatic carbocycles. The SMILES string of the molecule is CCCCCCCCC/C=C\CCCCCCCCCCOCC(COC1OC(CO)C(O)C(OS(=O)(=O)O)C1O)OC(=O)CCCCCCCCCCCC. The Labute approximate surface area is 340 Å². The lowest BCUT2D eigenvalue weighted by molar-refractivity contribution is -0.301. The van der Waals surface area contributed by atoms with E-state index in [4.69, 9.17) is 23.5 Å². The molecule has 1 aliphatic heterocycles. The van der Waals surface area contributed by atoms with Crippen molar-refractivity contribution in [1.29, 1.82) is 0 Å². The number of aliphatic hydroxyl groups excluding tert-OH is 3. The highest BCUT2D eigenvalue weighted by Crippen LogP contribution is 2.26. The van der Waals surface area contributed by atoms with Gasteiger partial charge in [-0.3, -0.25) is 9.35 Å². The van der Waals surface area contributed by atoms with E-state index in [1.807, 2.05) is 0 Å². The second-order valence-electron chi connectivity index (χ2n) is 15.6. The number of carbonyl (C=O) groups is 1. The van der Waals surface area contributed by atoms with Gasteiger partial charge in [-0.05, 0) is 38.5 Å². The van der Waals surface area contributed by atoms with Gasteiger partial charge in [0, 0.05) is 13.0 Å². The van der Waals surface area contributed by atoms with Gasteiger partial charge in [-0.25, -0.2) is 4.18 Å². The Kier molecular flexibility index (Phi) is 33.7. The number of allylic oxidation sites excluding steroid dienone is 2. The van der Waals surface area contributed by atoms with Crippen LogP contribution in [0.2, 0.25) is 0 Å². The fourth-order valence-corrected chi connectivity index (χ4v) is 7.47. The molecule has 1 heterocycles. The molecule has 0 aromatic rings. The van der Waals surface area contributed by atoms with Crippen LogP contribution in [0, 0.1) is 0 Å². The van der Waals surface area contributed by atoms with E-state index < -0.39 is 59.8 Å². The third-order valence-electron chi connectivity index (χ3n) is 10.4. The Hall–Kier alpha value is -1.16. The van der Waals surface area contributed by atoms with Crippen molar-refractivity contribution in [3.63, 3.8) is 0 Å². The van der Waals surface area contributed by atoms with Gasteiger partial charge < -0.3 is 34.3 Å². The monoisotopic (exact) mass is 823 g/mol. The summed E-state index contributed by atoms with van der Waals surface area (Å²) in [6.45, 7) is 3.98. The molecule has 1 rings (SSSR count). The normalized spacial score (nSPS) is 20.9. The number of hydrogen-bond donors (Lipinski definition) is 4. The Morgan fingerprint density at radius 2 is 1.12 bits per heavy atom. The molecule has 0 radical (unpaired) electrons. The van der Waals surface area contributed by atoms with Crippen LogP contribution in [-0.4, -0.2) is 97.5 Å². The van der Waals surface area contributed by atoms with Crippen molar-refractivity contribution >= 4 is 16.4 Å². The van der Waals surface area contributed by atoms with Crippen LogP contribution in [-0.2, 0) is 38.3 Å². The van der Waals surface area contributed by atoms with Crippen LogP contribution in [0.5, 0.6) is 0 Å². The van der Waals surface area contributed by atoms with E-state index in [0.29, 0.717) is 13.0 Å². The number of esters is 1. The van der Waals surface area contributed by atoms with Crippen LogP contribution in [0.3, 0.4) is 0 Å². The molecule has 0 aromatic carbocycles. The Balaban J connectivity index is 2.38. The van der Waals surface area contributed by atoms with Crippen molar-refractivity contribution in [2.24, 2.45) is 0 Å². The molecule has 0 bridgehead atoms. The topological polar surface area (TPSA) is 178 Å². The molecule has 4 N–H and O–H groups in total. The zero-order valence-corrected chi connectivity index (χ0v) is 36.0. The van der Waals surface area contributed by atoms with Crippen molar-refractivity contribution in [3.05, 3.63) is 12.2 Å². The first-order valence-electron chi connectivity index (χ1n) is 22.4. The number of carbonyl (C=O) groups excluding carboxylic acids is 1. The molecular weight excluding hydrogens is 741 g/mol. The average Bonchev–Trinajstić information content (AvgIpc) is 3.17. The largest absolute Gasteiger partial charge is 0.457 e. The second kappa shape index (κ2) is 35.8. The molecule has 0 saturated carbocycles. The highest BCUT2D eigenvalue weighted by Gasteiger charge is 2.48. The molecule has 56 heavy (non-hydrogen) atoms. The molecule has 1 saturated heterocycles. The zero-order chi connectivity index (χ0) is 41.1. The molecule has 1 aliphatic rings. The van der Waals surface area contributed by atoms with Gasteiger partial charge in [-0.2, -0.15) is 8.42 Å². The van der Waals surface area contributed by atoms with Gasteiger partial charge in [0.15, 0.2) is 6.29 Å². The van der Waals surface area contributed by atoms with Crippen LogP contribution >= 0.6 is 0 Å². The maximum Gasteiger partial charge on any atom is 0.397 e. The number of aliphatic hydroxyl groups is 3. The Bertz CT molecular complexity index is 1040. The van der Waals surface area contributed by atoms with E-state index >= 15 is 0 Å². The summed E-state index contributed by atoms with van der Waals surface area (Å²) in [6.07, 6.45) is 28.3. The number of unbranched alkanes of at least 4 members (excludes halogenated alkanes) is 24. The van der Waals surface area contributed by atoms with Crippen LogP contribution < -0.4 is 0 Å². The lowest BCUT2D eigenvalue weighted by atomic mass is 9.99. The van der Waals surface area contributed by atoms with Crippen molar-refractivity contribution in [2.45, 2.75) is 230 Å². The van der Waals surface area contributed by atoms with Crippen molar-refractivity contribution in [1.82, 2.24) is 0 Å². The molecule has 1 fully saturated rings. The highest BCUT2D eigenvalue weighted by molar-refractivity contribution is 7.80. The minimum absolute atomic E-state index is 0.0388. The van der Waals surface area contributed by atoms with Gasteiger partial charge in [0.1, 0.15) is 30.5 Å². The fourth-order valence-electron chi connectivity index (χ4n) is 6.96. The summed E-state index contributed by atoms with van der Waals surface area (Å²) in [7, 11) is -5.05. The number of ether oxygens (including phenoxy) is 4. The number of hydrogen-bond acceptors (Lipinski definition) is 11. The maximum absolute atomic E-state index is 12.8. The first-order valence-corrected chi connectivity index (χ1v) is 23.8. The third-order valence-corrected chi connectivity index (χ3v) is 10.9. The van der Waals surface area contributed by atoms with Crippen LogP contribution in [0.1, 0.15) is 194 Å². The van der Waals surface area contributed by atoms with Crippen molar-refractivity contribution < 1.29 is 56.2 Å². The van der Waals surface area contributed by atoms with Gasteiger partial charge in [-0.1, -0.05) is 161 Å². The third kappa shape index (κ3) is 29.1. The summed E-state index contributed by atoms with van der Waals surface area (Å²) in [5.74, 6) is -0.400. The van der Waals surface area contributed by atoms with Gasteiger partial charge in [0.05, 0.1) is 19.8 Å². The molecule has 12 nitrogen and oxygen atoms in total. The summed E-state index contributed by atoms with van der Waals surface area (Å²) in [4.78, 5) is 12.8. The summed E-state index contributed by atoms with van der Waals surface area (Å²) < 4.78 is 58.9. The molecule has 13 heteroatoms. The summed E-state index contributed by atoms with van der Waals surface area (Å²) in [5, 5.41) is 30.6. The standard InChI is InChI=1S/C43H82O12S/c1-3-5-7-9-11-13-15-16-17-18-19-20-21-22-23-25-27-29-31-33-51-35-37(53-39(45)32-30-28-26-24-14-12-10-8-6-4-2)36-52-43-41(47)42(55-56(48,49)50)40(46)38(34-44)54-43/h17-18,37-38,40-44,46-47H,3-16,19-36H2,1-2H3,(H,48,49,50)/b18-17-. The quantitative estimate of drug-likeness (QED) is 0.0200. The molecule has 6 atom stereocenters. The molecule has 0 spiro atoms. The van der Waals surface area contributed by atoms with Crippen LogP contribution in [0.15, 0.2) is 12.2 Å². The van der Waals surface area contributed by atoms with E-state index in [-0.39, 0.29) is 19.6 Å². The Morgan fingerprint density at radius 1 is 0.661 bits per heavy atom. The maximum atomic E-state index is 12.8. The van der Waals surface area contributed by atoms with Crippen LogP contribution in [0.25, 0.3) is 0 Å². The zero-order valence-electron chi connectivity index (χ0n) is 35.2. The minimum Gasteiger partial charge on any atom is -0.457 e. The van der Waals surface area contributed by atoms with Gasteiger partial charge in [0.2, 0.25) is 0 Å². The molecule has 6 unspecified atom stereocenters. The molecule has 0 amide bonds. The second-order valence-corrected chi connectivity index (χ2v) is 16.7. The minimum atomic E-state index is -5.05. The van der Waals surface area contributed by atoms with Crippen molar-refractivity contribution in [3.8, 4) is 0 Å². The van der Waals surface area contributed by atoms with Gasteiger partial charge >= 0.3 is 16.4 Å². The predicted octanol–water partition coefficient (Wildman–Crippen LogP) is 9.08. The van der Waals surface area contributed by atoms with E-state index in [2.05, 4.69) is 30.2 Å². The average molecular weight is 823 g/mol. The molecular formula is C43H82O12S. The summed E-state index contributed by atoms with van der Waals surface area (Å²) in [6, 6.07) is 0. The van der Waals surface area contributed by atoms with Crippen molar-refractivity contribution in [2.75, 3.05) is 26.4 Å². The van der Waals surface area contributed by atoms with Gasteiger partial charge in [0.25, 0.3) is 0 Å². The molecule has 0 aromatic heterocycles. The predicted molar refractivity (Wildman–Crippen MR) is 221 cm³/mol. The first kappa shape index (κ1) is 52.9. The fraction of sp³-hybridized carbons (Fsp3) is 0.930. The first-order chi connectivity index (χ1) is 27.1. The summed E-state index contributed by atoms with van der Waals surface area (Å²) in [5.41, 5.74) is 0. The molecule has 332 valence electrons. The van der Waals surface area contributed by atoms with E-state index in [9.17, 15) is 28.5 Å². The van der Waals surface area contributed by atoms with E-state index in [0.717, 1.165) is 38.5 Å². The number of rotatable bonds is 39. The van der Waals surface area contributed by atoms with E-state index in [1.165, 1.54) is 128 Å². The lowest BCUT2D eigenvalue weighted by Crippen LogP contribution is -2.60. The lowest BCUT2D eigenvalue weighted by Gasteiger charge is -2.41.